The van der Waals surface area contributed by atoms with Gasteiger partial charge >= 0.3 is 0 Å². The van der Waals surface area contributed by atoms with Crippen molar-refractivity contribution in [3.05, 3.63) is 27.3 Å². The Labute approximate surface area is 115 Å². The first-order valence-electron chi connectivity index (χ1n) is 5.21. The van der Waals surface area contributed by atoms with Crippen LogP contribution in [0.2, 0.25) is 0 Å². The molecule has 0 atom stereocenters. The number of hydrogen-bond donors (Lipinski definition) is 0. The fourth-order valence-electron chi connectivity index (χ4n) is 1.55. The molecule has 1 aromatic rings. The third-order valence-corrected chi connectivity index (χ3v) is 4.40. The maximum atomic E-state index is 12.2. The van der Waals surface area contributed by atoms with Gasteiger partial charge in [-0.15, -0.1) is 11.3 Å². The third kappa shape index (κ3) is 2.61. The summed E-state index contributed by atoms with van der Waals surface area (Å²) in [6.07, 6.45) is 1.91. The monoisotopic (exact) mass is 283 g/mol. The minimum absolute atomic E-state index is 0.0147. The van der Waals surface area contributed by atoms with E-state index in [2.05, 4.69) is 0 Å². The van der Waals surface area contributed by atoms with Crippen molar-refractivity contribution in [1.29, 1.82) is 0 Å². The van der Waals surface area contributed by atoms with Crippen LogP contribution in [0.3, 0.4) is 0 Å². The van der Waals surface area contributed by atoms with Gasteiger partial charge in [-0.1, -0.05) is 30.0 Å². The van der Waals surface area contributed by atoms with E-state index >= 15 is 0 Å². The van der Waals surface area contributed by atoms with Crippen LogP contribution in [-0.4, -0.2) is 20.7 Å². The van der Waals surface area contributed by atoms with Gasteiger partial charge in [0.05, 0.1) is 4.91 Å². The van der Waals surface area contributed by atoms with Gasteiger partial charge in [0.2, 0.25) is 0 Å². The van der Waals surface area contributed by atoms with Crippen LogP contribution in [0.5, 0.6) is 0 Å². The molecule has 0 radical (unpaired) electrons. The molecule has 0 aliphatic carbocycles. The Morgan fingerprint density at radius 2 is 2.12 bits per heavy atom. The second-order valence-corrected chi connectivity index (χ2v) is 7.36. The van der Waals surface area contributed by atoms with E-state index in [1.54, 1.807) is 16.2 Å². The smallest absolute Gasteiger partial charge is 0.266 e. The maximum Gasteiger partial charge on any atom is 0.266 e. The van der Waals surface area contributed by atoms with Gasteiger partial charge in [0.15, 0.2) is 0 Å². The van der Waals surface area contributed by atoms with E-state index in [0.717, 1.165) is 4.88 Å². The van der Waals surface area contributed by atoms with Crippen molar-refractivity contribution in [2.45, 2.75) is 26.3 Å². The minimum Gasteiger partial charge on any atom is -0.288 e. The molecule has 1 aromatic heterocycles. The van der Waals surface area contributed by atoms with Crippen LogP contribution >= 0.6 is 35.3 Å². The van der Waals surface area contributed by atoms with E-state index in [4.69, 9.17) is 12.2 Å². The average Bonchev–Trinajstić information content (AvgIpc) is 2.75. The highest BCUT2D eigenvalue weighted by atomic mass is 32.2. The van der Waals surface area contributed by atoms with Gasteiger partial charge in [-0.2, -0.15) is 0 Å². The summed E-state index contributed by atoms with van der Waals surface area (Å²) >= 11 is 8.27. The molecule has 90 valence electrons. The third-order valence-electron chi connectivity index (χ3n) is 2.28. The summed E-state index contributed by atoms with van der Waals surface area (Å²) in [5.41, 5.74) is -0.258. The molecule has 2 rings (SSSR count). The fraction of sp³-hybridized carbons (Fsp3) is 0.333. The molecule has 2 heterocycles. The molecule has 17 heavy (non-hydrogen) atoms. The molecule has 0 saturated carbocycles. The average molecular weight is 283 g/mol. The fourth-order valence-corrected chi connectivity index (χ4v) is 3.91. The highest BCUT2D eigenvalue weighted by Gasteiger charge is 2.38. The molecular weight excluding hydrogens is 270 g/mol. The SMILES string of the molecule is CC(C)(C)N1C(=O)C(=Cc2cccs2)SC1=S. The number of nitrogens with zero attached hydrogens (tertiary/aromatic N) is 1. The molecule has 1 saturated heterocycles. The molecule has 1 aliphatic heterocycles. The molecule has 0 spiro atoms. The summed E-state index contributed by atoms with van der Waals surface area (Å²) in [6, 6.07) is 3.97. The molecule has 0 N–H and O–H groups in total. The van der Waals surface area contributed by atoms with Crippen molar-refractivity contribution in [3.8, 4) is 0 Å². The minimum atomic E-state index is -0.258. The lowest BCUT2D eigenvalue weighted by Crippen LogP contribution is -2.44. The zero-order valence-corrected chi connectivity index (χ0v) is 12.3. The van der Waals surface area contributed by atoms with Gasteiger partial charge < -0.3 is 0 Å². The zero-order valence-electron chi connectivity index (χ0n) is 9.89. The Hall–Kier alpha value is -0.650. The summed E-state index contributed by atoms with van der Waals surface area (Å²) in [4.78, 5) is 15.7. The molecule has 1 fully saturated rings. The topological polar surface area (TPSA) is 20.3 Å². The maximum absolute atomic E-state index is 12.2. The van der Waals surface area contributed by atoms with Crippen LogP contribution in [0.1, 0.15) is 25.6 Å². The molecular formula is C12H13NOS3. The molecule has 1 amide bonds. The number of rotatable bonds is 1. The Bertz CT molecular complexity index is 482. The van der Waals surface area contributed by atoms with Crippen LogP contribution < -0.4 is 0 Å². The second-order valence-electron chi connectivity index (χ2n) is 4.70. The summed E-state index contributed by atoms with van der Waals surface area (Å²) in [7, 11) is 0. The van der Waals surface area contributed by atoms with Crippen LogP contribution in [0.4, 0.5) is 0 Å². The van der Waals surface area contributed by atoms with Gasteiger partial charge in [0.25, 0.3) is 5.91 Å². The lowest BCUT2D eigenvalue weighted by Gasteiger charge is -2.30. The van der Waals surface area contributed by atoms with Gasteiger partial charge in [-0.3, -0.25) is 9.69 Å². The van der Waals surface area contributed by atoms with Crippen molar-refractivity contribution >= 4 is 51.6 Å². The molecule has 5 heteroatoms. The van der Waals surface area contributed by atoms with Gasteiger partial charge in [-0.25, -0.2) is 0 Å². The number of carbonyl (C=O) groups is 1. The Kier molecular flexibility index (Phi) is 3.43. The van der Waals surface area contributed by atoms with E-state index in [-0.39, 0.29) is 11.4 Å². The highest BCUT2D eigenvalue weighted by molar-refractivity contribution is 8.26. The highest BCUT2D eigenvalue weighted by Crippen LogP contribution is 2.37. The van der Waals surface area contributed by atoms with Crippen molar-refractivity contribution < 1.29 is 4.79 Å². The van der Waals surface area contributed by atoms with Crippen molar-refractivity contribution in [1.82, 2.24) is 4.90 Å². The van der Waals surface area contributed by atoms with E-state index in [9.17, 15) is 4.79 Å². The van der Waals surface area contributed by atoms with E-state index in [0.29, 0.717) is 9.23 Å². The number of thioether (sulfide) groups is 1. The summed E-state index contributed by atoms with van der Waals surface area (Å²) in [5.74, 6) is 0.0147. The lowest BCUT2D eigenvalue weighted by molar-refractivity contribution is -0.125. The van der Waals surface area contributed by atoms with Crippen molar-refractivity contribution in [3.63, 3.8) is 0 Å². The lowest BCUT2D eigenvalue weighted by atomic mass is 10.1. The van der Waals surface area contributed by atoms with Crippen LogP contribution in [0.15, 0.2) is 22.4 Å². The number of carbonyl (C=O) groups excluding carboxylic acids is 1. The van der Waals surface area contributed by atoms with Crippen LogP contribution in [-0.2, 0) is 4.79 Å². The van der Waals surface area contributed by atoms with E-state index in [1.165, 1.54) is 11.8 Å². The first kappa shape index (κ1) is 12.8. The molecule has 0 bridgehead atoms. The molecule has 0 unspecified atom stereocenters. The van der Waals surface area contributed by atoms with Crippen LogP contribution in [0.25, 0.3) is 6.08 Å². The molecule has 1 aliphatic rings. The van der Waals surface area contributed by atoms with E-state index < -0.39 is 0 Å². The number of hydrogen-bond acceptors (Lipinski definition) is 4. The first-order valence-corrected chi connectivity index (χ1v) is 7.31. The predicted molar refractivity (Wildman–Crippen MR) is 79.1 cm³/mol. The summed E-state index contributed by atoms with van der Waals surface area (Å²) in [5, 5.41) is 2.00. The first-order chi connectivity index (χ1) is 7.89. The number of thiocarbonyl (C=S) groups is 1. The summed E-state index contributed by atoms with van der Waals surface area (Å²) in [6.45, 7) is 5.98. The van der Waals surface area contributed by atoms with Crippen LogP contribution in [0, 0.1) is 0 Å². The Morgan fingerprint density at radius 3 is 2.59 bits per heavy atom. The quantitative estimate of drug-likeness (QED) is 0.578. The van der Waals surface area contributed by atoms with E-state index in [1.807, 2.05) is 44.4 Å². The van der Waals surface area contributed by atoms with Gasteiger partial charge in [0.1, 0.15) is 4.32 Å². The number of thiophene rings is 1. The summed E-state index contributed by atoms with van der Waals surface area (Å²) < 4.78 is 0.644. The van der Waals surface area contributed by atoms with Crippen molar-refractivity contribution in [2.24, 2.45) is 0 Å². The second kappa shape index (κ2) is 4.55. The molecule has 2 nitrogen and oxygen atoms in total. The van der Waals surface area contributed by atoms with Gasteiger partial charge in [-0.05, 0) is 38.3 Å². The number of amides is 1. The Balaban J connectivity index is 2.31. The zero-order chi connectivity index (χ0) is 12.6. The molecule has 0 aromatic carbocycles. The van der Waals surface area contributed by atoms with Gasteiger partial charge in [0, 0.05) is 10.4 Å². The Morgan fingerprint density at radius 1 is 1.41 bits per heavy atom. The largest absolute Gasteiger partial charge is 0.288 e. The normalized spacial score (nSPS) is 19.5. The van der Waals surface area contributed by atoms with Crippen molar-refractivity contribution in [2.75, 3.05) is 0 Å². The predicted octanol–water partition coefficient (Wildman–Crippen LogP) is 3.75. The standard InChI is InChI=1S/C12H13NOS3/c1-12(2,3)13-10(14)9(17-11(13)15)7-8-5-4-6-16-8/h4-7H,1-3H3.